The minimum Gasteiger partial charge on any atom is -0.327 e. The maximum atomic E-state index is 5.28. The Labute approximate surface area is 98.5 Å². The summed E-state index contributed by atoms with van der Waals surface area (Å²) in [5.41, 5.74) is 1.90. The molecule has 0 aromatic heterocycles. The zero-order valence-electron chi connectivity index (χ0n) is 9.33. The average molecular weight is 275 g/mol. The number of benzene rings is 1. The second kappa shape index (κ2) is 5.07. The lowest BCUT2D eigenvalue weighted by molar-refractivity contribution is -0.364. The van der Waals surface area contributed by atoms with Crippen molar-refractivity contribution in [1.82, 2.24) is 0 Å². The Hall–Kier alpha value is -0.420. The molecule has 1 aromatic rings. The van der Waals surface area contributed by atoms with Gasteiger partial charge >= 0.3 is 5.97 Å². The van der Waals surface area contributed by atoms with E-state index in [4.69, 9.17) is 14.2 Å². The Balaban J connectivity index is 3.22. The lowest BCUT2D eigenvalue weighted by Crippen LogP contribution is -2.33. The summed E-state index contributed by atoms with van der Waals surface area (Å²) in [7, 11) is 4.65. The van der Waals surface area contributed by atoms with Crippen LogP contribution < -0.4 is 0 Å². The molecule has 84 valence electrons. The van der Waals surface area contributed by atoms with Crippen molar-refractivity contribution in [2.24, 2.45) is 0 Å². The smallest absolute Gasteiger partial charge is 0.311 e. The van der Waals surface area contributed by atoms with E-state index < -0.39 is 5.97 Å². The normalized spacial score (nSPS) is 11.8. The number of rotatable bonds is 4. The number of hydrogen-bond donors (Lipinski definition) is 0. The minimum atomic E-state index is -1.12. The molecular formula is C11H15BrO3. The Kier molecular flexibility index (Phi) is 4.28. The van der Waals surface area contributed by atoms with Crippen LogP contribution in [-0.2, 0) is 20.2 Å². The van der Waals surface area contributed by atoms with Gasteiger partial charge in [0.25, 0.3) is 0 Å². The molecule has 1 aromatic carbocycles. The van der Waals surface area contributed by atoms with Crippen LogP contribution in [0.15, 0.2) is 22.7 Å². The third-order valence-corrected chi connectivity index (χ3v) is 2.82. The van der Waals surface area contributed by atoms with Gasteiger partial charge in [0.15, 0.2) is 0 Å². The zero-order chi connectivity index (χ0) is 11.5. The van der Waals surface area contributed by atoms with Gasteiger partial charge in [-0.15, -0.1) is 0 Å². The number of halogens is 1. The predicted molar refractivity (Wildman–Crippen MR) is 61.6 cm³/mol. The molecule has 15 heavy (non-hydrogen) atoms. The molecule has 0 N–H and O–H groups in total. The van der Waals surface area contributed by atoms with Crippen LogP contribution in [-0.4, -0.2) is 21.3 Å². The molecule has 0 radical (unpaired) electrons. The maximum absolute atomic E-state index is 5.28. The standard InChI is InChI=1S/C11H15BrO3/c1-8-7-9(12)5-6-10(8)11(13-2,14-3)15-4/h5-7H,1-4H3. The van der Waals surface area contributed by atoms with Gasteiger partial charge in [0.2, 0.25) is 0 Å². The molecule has 0 aliphatic rings. The van der Waals surface area contributed by atoms with Gasteiger partial charge in [-0.25, -0.2) is 0 Å². The fourth-order valence-electron chi connectivity index (χ4n) is 1.55. The van der Waals surface area contributed by atoms with Crippen molar-refractivity contribution in [2.45, 2.75) is 12.9 Å². The van der Waals surface area contributed by atoms with Crippen LogP contribution in [0.2, 0.25) is 0 Å². The van der Waals surface area contributed by atoms with Gasteiger partial charge in [0.1, 0.15) is 0 Å². The lowest BCUT2D eigenvalue weighted by atomic mass is 10.1. The van der Waals surface area contributed by atoms with Crippen molar-refractivity contribution in [1.29, 1.82) is 0 Å². The van der Waals surface area contributed by atoms with E-state index in [2.05, 4.69) is 15.9 Å². The van der Waals surface area contributed by atoms with Gasteiger partial charge in [0.05, 0.1) is 0 Å². The molecule has 0 spiro atoms. The van der Waals surface area contributed by atoms with Crippen molar-refractivity contribution in [3.63, 3.8) is 0 Å². The third kappa shape index (κ3) is 2.39. The highest BCUT2D eigenvalue weighted by Crippen LogP contribution is 2.30. The van der Waals surface area contributed by atoms with Crippen LogP contribution in [0.4, 0.5) is 0 Å². The maximum Gasteiger partial charge on any atom is 0.311 e. The highest BCUT2D eigenvalue weighted by Gasteiger charge is 2.33. The van der Waals surface area contributed by atoms with Crippen LogP contribution in [0.25, 0.3) is 0 Å². The average Bonchev–Trinajstić information content (AvgIpc) is 2.23. The molecule has 0 amide bonds. The van der Waals surface area contributed by atoms with Gasteiger partial charge in [-0.05, 0) is 30.7 Å². The summed E-state index contributed by atoms with van der Waals surface area (Å²) in [6.07, 6.45) is 0. The molecule has 0 atom stereocenters. The second-order valence-corrected chi connectivity index (χ2v) is 4.04. The third-order valence-electron chi connectivity index (χ3n) is 2.32. The molecule has 1 rings (SSSR count). The van der Waals surface area contributed by atoms with Gasteiger partial charge in [-0.3, -0.25) is 0 Å². The Bertz CT molecular complexity index is 326. The predicted octanol–water partition coefficient (Wildman–Crippen LogP) is 2.81. The molecule has 0 saturated heterocycles. The number of hydrogen-bond acceptors (Lipinski definition) is 3. The Morgan fingerprint density at radius 1 is 1.07 bits per heavy atom. The summed E-state index contributed by atoms with van der Waals surface area (Å²) in [6.45, 7) is 1.98. The summed E-state index contributed by atoms with van der Waals surface area (Å²) in [5, 5.41) is 0. The van der Waals surface area contributed by atoms with Crippen molar-refractivity contribution < 1.29 is 14.2 Å². The zero-order valence-corrected chi connectivity index (χ0v) is 10.9. The summed E-state index contributed by atoms with van der Waals surface area (Å²) in [4.78, 5) is 0. The van der Waals surface area contributed by atoms with E-state index in [-0.39, 0.29) is 0 Å². The van der Waals surface area contributed by atoms with Gasteiger partial charge in [0, 0.05) is 31.4 Å². The van der Waals surface area contributed by atoms with Crippen molar-refractivity contribution >= 4 is 15.9 Å². The van der Waals surface area contributed by atoms with Crippen LogP contribution in [0.5, 0.6) is 0 Å². The topological polar surface area (TPSA) is 27.7 Å². The van der Waals surface area contributed by atoms with Crippen LogP contribution in [0, 0.1) is 6.92 Å². The van der Waals surface area contributed by atoms with E-state index in [0.717, 1.165) is 15.6 Å². The molecule has 0 aliphatic carbocycles. The number of aryl methyl sites for hydroxylation is 1. The number of ether oxygens (including phenoxy) is 3. The van der Waals surface area contributed by atoms with Crippen LogP contribution in [0.1, 0.15) is 11.1 Å². The monoisotopic (exact) mass is 274 g/mol. The lowest BCUT2D eigenvalue weighted by Gasteiger charge is -2.30. The molecule has 0 aliphatic heterocycles. The molecule has 0 saturated carbocycles. The van der Waals surface area contributed by atoms with Gasteiger partial charge in [-0.1, -0.05) is 15.9 Å². The second-order valence-electron chi connectivity index (χ2n) is 3.13. The quantitative estimate of drug-likeness (QED) is 0.791. The van der Waals surface area contributed by atoms with Gasteiger partial charge in [-0.2, -0.15) is 0 Å². The minimum absolute atomic E-state index is 0.859. The highest BCUT2D eigenvalue weighted by atomic mass is 79.9. The summed E-state index contributed by atoms with van der Waals surface area (Å²) in [6, 6.07) is 5.82. The Morgan fingerprint density at radius 3 is 2.00 bits per heavy atom. The van der Waals surface area contributed by atoms with E-state index >= 15 is 0 Å². The van der Waals surface area contributed by atoms with Crippen molar-refractivity contribution in [3.05, 3.63) is 33.8 Å². The first-order valence-electron chi connectivity index (χ1n) is 4.51. The van der Waals surface area contributed by atoms with E-state index in [1.54, 1.807) is 21.3 Å². The number of methoxy groups -OCH3 is 3. The molecular weight excluding hydrogens is 260 g/mol. The first-order chi connectivity index (χ1) is 7.09. The first kappa shape index (κ1) is 12.6. The molecule has 0 fully saturated rings. The summed E-state index contributed by atoms with van der Waals surface area (Å²) >= 11 is 3.41. The first-order valence-corrected chi connectivity index (χ1v) is 5.31. The fraction of sp³-hybridized carbons (Fsp3) is 0.455. The molecule has 0 heterocycles. The largest absolute Gasteiger partial charge is 0.327 e. The van der Waals surface area contributed by atoms with Crippen LogP contribution in [0.3, 0.4) is 0 Å². The molecule has 3 nitrogen and oxygen atoms in total. The van der Waals surface area contributed by atoms with Crippen LogP contribution >= 0.6 is 15.9 Å². The van der Waals surface area contributed by atoms with E-state index in [1.807, 2.05) is 25.1 Å². The summed E-state index contributed by atoms with van der Waals surface area (Å²) in [5.74, 6) is -1.12. The van der Waals surface area contributed by atoms with Crippen molar-refractivity contribution in [3.8, 4) is 0 Å². The van der Waals surface area contributed by atoms with E-state index in [0.29, 0.717) is 0 Å². The van der Waals surface area contributed by atoms with Crippen molar-refractivity contribution in [2.75, 3.05) is 21.3 Å². The SMILES string of the molecule is COC(OC)(OC)c1ccc(Br)cc1C. The molecule has 0 bridgehead atoms. The Morgan fingerprint density at radius 2 is 1.60 bits per heavy atom. The van der Waals surface area contributed by atoms with E-state index in [9.17, 15) is 0 Å². The summed E-state index contributed by atoms with van der Waals surface area (Å²) < 4.78 is 16.9. The molecule has 0 unspecified atom stereocenters. The molecule has 4 heteroatoms. The van der Waals surface area contributed by atoms with Gasteiger partial charge < -0.3 is 14.2 Å². The highest BCUT2D eigenvalue weighted by molar-refractivity contribution is 9.10. The fourth-order valence-corrected chi connectivity index (χ4v) is 2.03. The van der Waals surface area contributed by atoms with E-state index in [1.165, 1.54) is 0 Å².